The van der Waals surface area contributed by atoms with Crippen molar-refractivity contribution in [2.24, 2.45) is 0 Å². The Kier molecular flexibility index (Phi) is 4.09. The molecular formula is C11H16N4O3. The van der Waals surface area contributed by atoms with Gasteiger partial charge in [0.2, 0.25) is 5.91 Å². The van der Waals surface area contributed by atoms with Crippen LogP contribution in [0, 0.1) is 10.1 Å². The minimum absolute atomic E-state index is 0.0887. The molecule has 0 heterocycles. The molecule has 7 nitrogen and oxygen atoms in total. The summed E-state index contributed by atoms with van der Waals surface area (Å²) < 4.78 is 0. The van der Waals surface area contributed by atoms with Gasteiger partial charge in [0.25, 0.3) is 5.69 Å². The maximum absolute atomic E-state index is 11.5. The lowest BCUT2D eigenvalue weighted by Crippen LogP contribution is -2.34. The van der Waals surface area contributed by atoms with Crippen LogP contribution in [0.5, 0.6) is 0 Å². The number of non-ortho nitro benzene ring substituents is 1. The van der Waals surface area contributed by atoms with Gasteiger partial charge in [-0.3, -0.25) is 14.9 Å². The zero-order valence-electron chi connectivity index (χ0n) is 10.6. The van der Waals surface area contributed by atoms with Crippen LogP contribution in [-0.2, 0) is 4.79 Å². The first-order chi connectivity index (χ1) is 8.31. The first kappa shape index (κ1) is 13.8. The summed E-state index contributed by atoms with van der Waals surface area (Å²) in [4.78, 5) is 24.8. The summed E-state index contributed by atoms with van der Waals surface area (Å²) in [6, 6.07) is 4.26. The summed E-state index contributed by atoms with van der Waals surface area (Å²) in [6.45, 7) is 0.133. The predicted octanol–water partition coefficient (Wildman–Crippen LogP) is 0.701. The maximum Gasteiger partial charge on any atom is 0.273 e. The standard InChI is InChI=1S/C11H16N4O3/c1-13(2)11(16)7-14(3)9-4-8(12)5-10(6-9)15(17)18/h4-6H,7,12H2,1-3H3. The molecule has 0 saturated heterocycles. The highest BCUT2D eigenvalue weighted by Gasteiger charge is 2.14. The fraction of sp³-hybridized carbons (Fsp3) is 0.364. The molecule has 0 aromatic heterocycles. The molecule has 0 aliphatic rings. The van der Waals surface area contributed by atoms with E-state index in [2.05, 4.69) is 0 Å². The normalized spacial score (nSPS) is 9.94. The number of hydrogen-bond acceptors (Lipinski definition) is 5. The molecule has 1 amide bonds. The highest BCUT2D eigenvalue weighted by atomic mass is 16.6. The monoisotopic (exact) mass is 252 g/mol. The summed E-state index contributed by atoms with van der Waals surface area (Å²) in [7, 11) is 4.98. The van der Waals surface area contributed by atoms with Gasteiger partial charge >= 0.3 is 0 Å². The van der Waals surface area contributed by atoms with Gasteiger partial charge in [0.05, 0.1) is 11.5 Å². The van der Waals surface area contributed by atoms with Crippen LogP contribution in [0.25, 0.3) is 0 Å². The predicted molar refractivity (Wildman–Crippen MR) is 69.5 cm³/mol. The Bertz CT molecular complexity index is 473. The molecule has 2 N–H and O–H groups in total. The number of carbonyl (C=O) groups is 1. The Hall–Kier alpha value is -2.31. The minimum Gasteiger partial charge on any atom is -0.398 e. The molecule has 0 fully saturated rings. The van der Waals surface area contributed by atoms with E-state index in [4.69, 9.17) is 5.73 Å². The summed E-state index contributed by atoms with van der Waals surface area (Å²) in [5.41, 5.74) is 6.34. The van der Waals surface area contributed by atoms with Crippen LogP contribution in [0.1, 0.15) is 0 Å². The molecule has 0 atom stereocenters. The number of nitro groups is 1. The van der Waals surface area contributed by atoms with Gasteiger partial charge in [-0.2, -0.15) is 0 Å². The molecule has 0 unspecified atom stereocenters. The number of nitrogen functional groups attached to an aromatic ring is 1. The van der Waals surface area contributed by atoms with Crippen LogP contribution in [-0.4, -0.2) is 43.4 Å². The topological polar surface area (TPSA) is 92.7 Å². The second kappa shape index (κ2) is 5.35. The van der Waals surface area contributed by atoms with Gasteiger partial charge in [0.1, 0.15) is 0 Å². The van der Waals surface area contributed by atoms with E-state index < -0.39 is 4.92 Å². The van der Waals surface area contributed by atoms with E-state index in [0.717, 1.165) is 0 Å². The zero-order valence-corrected chi connectivity index (χ0v) is 10.6. The van der Waals surface area contributed by atoms with Crippen molar-refractivity contribution in [2.75, 3.05) is 38.3 Å². The second-order valence-corrected chi connectivity index (χ2v) is 4.18. The Morgan fingerprint density at radius 1 is 1.33 bits per heavy atom. The number of rotatable bonds is 4. The van der Waals surface area contributed by atoms with Crippen molar-refractivity contribution < 1.29 is 9.72 Å². The first-order valence-electron chi connectivity index (χ1n) is 5.27. The van der Waals surface area contributed by atoms with Crippen molar-refractivity contribution in [1.29, 1.82) is 0 Å². The van der Waals surface area contributed by atoms with Gasteiger partial charge in [-0.05, 0) is 6.07 Å². The fourth-order valence-corrected chi connectivity index (χ4v) is 1.38. The lowest BCUT2D eigenvalue weighted by Gasteiger charge is -2.21. The number of hydrogen-bond donors (Lipinski definition) is 1. The Labute approximate surface area is 105 Å². The van der Waals surface area contributed by atoms with Crippen LogP contribution < -0.4 is 10.6 Å². The van der Waals surface area contributed by atoms with E-state index in [1.165, 1.54) is 17.0 Å². The molecule has 0 spiro atoms. The molecular weight excluding hydrogens is 236 g/mol. The van der Waals surface area contributed by atoms with Crippen LogP contribution >= 0.6 is 0 Å². The van der Waals surface area contributed by atoms with Gasteiger partial charge < -0.3 is 15.5 Å². The SMILES string of the molecule is CN(C)C(=O)CN(C)c1cc(N)cc([N+](=O)[O-])c1. The average molecular weight is 252 g/mol. The van der Waals surface area contributed by atoms with E-state index in [1.54, 1.807) is 32.1 Å². The van der Waals surface area contributed by atoms with Crippen LogP contribution in [0.15, 0.2) is 18.2 Å². The van der Waals surface area contributed by atoms with E-state index in [-0.39, 0.29) is 18.1 Å². The number of carbonyl (C=O) groups excluding carboxylic acids is 1. The van der Waals surface area contributed by atoms with E-state index in [1.807, 2.05) is 0 Å². The van der Waals surface area contributed by atoms with Crippen molar-refractivity contribution >= 4 is 23.0 Å². The van der Waals surface area contributed by atoms with Crippen molar-refractivity contribution in [3.05, 3.63) is 28.3 Å². The molecule has 0 saturated carbocycles. The Balaban J connectivity index is 2.95. The van der Waals surface area contributed by atoms with Crippen LogP contribution in [0.3, 0.4) is 0 Å². The lowest BCUT2D eigenvalue weighted by molar-refractivity contribution is -0.384. The number of nitrogens with two attached hydrogens (primary N) is 1. The van der Waals surface area contributed by atoms with Gasteiger partial charge in [-0.25, -0.2) is 0 Å². The van der Waals surface area contributed by atoms with Crippen molar-refractivity contribution in [3.8, 4) is 0 Å². The number of likely N-dealkylation sites (N-methyl/N-ethyl adjacent to an activating group) is 2. The minimum atomic E-state index is -0.512. The molecule has 0 bridgehead atoms. The van der Waals surface area contributed by atoms with Crippen LogP contribution in [0.4, 0.5) is 17.1 Å². The molecule has 0 aliphatic heterocycles. The molecule has 18 heavy (non-hydrogen) atoms. The van der Waals surface area contributed by atoms with Crippen molar-refractivity contribution in [1.82, 2.24) is 4.90 Å². The molecule has 7 heteroatoms. The third-order valence-corrected chi connectivity index (χ3v) is 2.45. The Morgan fingerprint density at radius 2 is 1.94 bits per heavy atom. The van der Waals surface area contributed by atoms with Gasteiger partial charge in [-0.1, -0.05) is 0 Å². The van der Waals surface area contributed by atoms with Crippen molar-refractivity contribution in [2.45, 2.75) is 0 Å². The summed E-state index contributed by atoms with van der Waals surface area (Å²) in [6.07, 6.45) is 0. The summed E-state index contributed by atoms with van der Waals surface area (Å²) in [5.74, 6) is -0.0948. The van der Waals surface area contributed by atoms with Crippen molar-refractivity contribution in [3.63, 3.8) is 0 Å². The summed E-state index contributed by atoms with van der Waals surface area (Å²) >= 11 is 0. The largest absolute Gasteiger partial charge is 0.398 e. The summed E-state index contributed by atoms with van der Waals surface area (Å²) in [5, 5.41) is 10.7. The highest BCUT2D eigenvalue weighted by molar-refractivity contribution is 5.81. The number of anilines is 2. The second-order valence-electron chi connectivity index (χ2n) is 4.18. The lowest BCUT2D eigenvalue weighted by atomic mass is 10.2. The smallest absolute Gasteiger partial charge is 0.273 e. The fourth-order valence-electron chi connectivity index (χ4n) is 1.38. The number of benzene rings is 1. The zero-order chi connectivity index (χ0) is 13.9. The molecule has 1 rings (SSSR count). The van der Waals surface area contributed by atoms with Gasteiger partial charge in [0.15, 0.2) is 0 Å². The molecule has 1 aromatic carbocycles. The highest BCUT2D eigenvalue weighted by Crippen LogP contribution is 2.24. The van der Waals surface area contributed by atoms with Crippen LogP contribution in [0.2, 0.25) is 0 Å². The van der Waals surface area contributed by atoms with Gasteiger partial charge in [0, 0.05) is 44.7 Å². The van der Waals surface area contributed by atoms with E-state index in [9.17, 15) is 14.9 Å². The molecule has 1 aromatic rings. The third kappa shape index (κ3) is 3.34. The maximum atomic E-state index is 11.5. The molecule has 0 radical (unpaired) electrons. The number of amides is 1. The quantitative estimate of drug-likeness (QED) is 0.483. The molecule has 98 valence electrons. The number of nitro benzene ring substituents is 1. The Morgan fingerprint density at radius 3 is 2.44 bits per heavy atom. The third-order valence-electron chi connectivity index (χ3n) is 2.45. The van der Waals surface area contributed by atoms with E-state index in [0.29, 0.717) is 11.4 Å². The van der Waals surface area contributed by atoms with E-state index >= 15 is 0 Å². The first-order valence-corrected chi connectivity index (χ1v) is 5.27. The number of nitrogens with zero attached hydrogens (tertiary/aromatic N) is 3. The average Bonchev–Trinajstić information content (AvgIpc) is 2.27. The van der Waals surface area contributed by atoms with Gasteiger partial charge in [-0.15, -0.1) is 0 Å². The molecule has 0 aliphatic carbocycles.